The molecule has 0 aromatic heterocycles. The van der Waals surface area contributed by atoms with Crippen molar-refractivity contribution in [1.29, 1.82) is 0 Å². The van der Waals surface area contributed by atoms with E-state index in [0.717, 1.165) is 0 Å². The lowest BCUT2D eigenvalue weighted by atomic mass is 10.2. The molecule has 1 rings (SSSR count). The Kier molecular flexibility index (Phi) is 6.68. The summed E-state index contributed by atoms with van der Waals surface area (Å²) >= 11 is 0. The second-order valence-electron chi connectivity index (χ2n) is 1.99. The highest BCUT2D eigenvalue weighted by Crippen LogP contribution is 1.92. The molecule has 0 saturated heterocycles. The molecule has 1 aromatic rings. The van der Waals surface area contributed by atoms with E-state index < -0.39 is 0 Å². The fourth-order valence-electron chi connectivity index (χ4n) is 0.534. The summed E-state index contributed by atoms with van der Waals surface area (Å²) in [4.78, 5) is 8.08. The summed E-state index contributed by atoms with van der Waals surface area (Å²) in [6.45, 7) is 2.08. The summed E-state index contributed by atoms with van der Waals surface area (Å²) in [5.41, 5.74) is 1.32. The SMILES string of the molecule is COOC.Cc1ccccc1. The fourth-order valence-corrected chi connectivity index (χ4v) is 0.534. The highest BCUT2D eigenvalue weighted by molar-refractivity contribution is 5.11. The third-order valence-electron chi connectivity index (χ3n) is 1.11. The first-order valence-electron chi connectivity index (χ1n) is 3.39. The maximum absolute atomic E-state index is 4.04. The lowest BCUT2D eigenvalue weighted by molar-refractivity contribution is -0.248. The van der Waals surface area contributed by atoms with Gasteiger partial charge in [0.25, 0.3) is 0 Å². The molecule has 0 aliphatic heterocycles. The third kappa shape index (κ3) is 7.03. The van der Waals surface area contributed by atoms with Crippen molar-refractivity contribution in [2.24, 2.45) is 0 Å². The molecule has 0 N–H and O–H groups in total. The maximum Gasteiger partial charge on any atom is 0.0712 e. The second kappa shape index (κ2) is 7.25. The number of aryl methyl sites for hydroxylation is 1. The highest BCUT2D eigenvalue weighted by Gasteiger charge is 1.72. The van der Waals surface area contributed by atoms with Crippen molar-refractivity contribution in [2.75, 3.05) is 14.2 Å². The molecule has 0 aliphatic carbocycles. The largest absolute Gasteiger partial charge is 0.240 e. The molecule has 11 heavy (non-hydrogen) atoms. The molecule has 0 atom stereocenters. The second-order valence-corrected chi connectivity index (χ2v) is 1.99. The monoisotopic (exact) mass is 154 g/mol. The lowest BCUT2D eigenvalue weighted by Gasteiger charge is -1.82. The van der Waals surface area contributed by atoms with Gasteiger partial charge in [0, 0.05) is 0 Å². The molecule has 0 aliphatic rings. The number of hydrogen-bond acceptors (Lipinski definition) is 2. The molecular weight excluding hydrogens is 140 g/mol. The molecule has 1 aromatic carbocycles. The van der Waals surface area contributed by atoms with Crippen LogP contribution in [0, 0.1) is 6.92 Å². The normalized spacial score (nSPS) is 8.27. The molecule has 2 nitrogen and oxygen atoms in total. The summed E-state index contributed by atoms with van der Waals surface area (Å²) < 4.78 is 0. The number of hydrogen-bond donors (Lipinski definition) is 0. The molecule has 0 bridgehead atoms. The van der Waals surface area contributed by atoms with E-state index in [-0.39, 0.29) is 0 Å². The molecule has 2 heteroatoms. The topological polar surface area (TPSA) is 18.5 Å². The van der Waals surface area contributed by atoms with Crippen LogP contribution in [0.25, 0.3) is 0 Å². The third-order valence-corrected chi connectivity index (χ3v) is 1.11. The van der Waals surface area contributed by atoms with Crippen LogP contribution >= 0.6 is 0 Å². The smallest absolute Gasteiger partial charge is 0.0712 e. The molecular formula is C9H14O2. The Morgan fingerprint density at radius 2 is 1.36 bits per heavy atom. The summed E-state index contributed by atoms with van der Waals surface area (Å²) in [5, 5.41) is 0. The Hall–Kier alpha value is -0.860. The molecule has 62 valence electrons. The summed E-state index contributed by atoms with van der Waals surface area (Å²) in [5.74, 6) is 0. The molecule has 0 amide bonds. The number of benzene rings is 1. The van der Waals surface area contributed by atoms with Crippen LogP contribution in [0.5, 0.6) is 0 Å². The van der Waals surface area contributed by atoms with Gasteiger partial charge in [-0.05, 0) is 6.92 Å². The Labute approximate surface area is 67.7 Å². The van der Waals surface area contributed by atoms with Crippen molar-refractivity contribution in [3.05, 3.63) is 35.9 Å². The Morgan fingerprint density at radius 1 is 0.909 bits per heavy atom. The Bertz CT molecular complexity index is 158. The van der Waals surface area contributed by atoms with Crippen LogP contribution in [0.4, 0.5) is 0 Å². The van der Waals surface area contributed by atoms with Crippen LogP contribution in [-0.2, 0) is 9.78 Å². The van der Waals surface area contributed by atoms with Gasteiger partial charge in [0.1, 0.15) is 0 Å². The van der Waals surface area contributed by atoms with E-state index >= 15 is 0 Å². The van der Waals surface area contributed by atoms with Crippen molar-refractivity contribution in [2.45, 2.75) is 6.92 Å². The average molecular weight is 154 g/mol. The van der Waals surface area contributed by atoms with E-state index in [9.17, 15) is 0 Å². The van der Waals surface area contributed by atoms with Crippen LogP contribution in [0.1, 0.15) is 5.56 Å². The molecule has 0 spiro atoms. The van der Waals surface area contributed by atoms with Gasteiger partial charge in [-0.1, -0.05) is 35.9 Å². The van der Waals surface area contributed by atoms with E-state index in [2.05, 4.69) is 28.8 Å². The fraction of sp³-hybridized carbons (Fsp3) is 0.333. The van der Waals surface area contributed by atoms with E-state index in [1.807, 2.05) is 18.2 Å². The first-order chi connectivity index (χ1) is 5.31. The zero-order valence-corrected chi connectivity index (χ0v) is 7.20. The first kappa shape index (κ1) is 10.1. The van der Waals surface area contributed by atoms with Gasteiger partial charge in [0.05, 0.1) is 14.2 Å². The minimum absolute atomic E-state index is 1.32. The summed E-state index contributed by atoms with van der Waals surface area (Å²) in [7, 11) is 2.92. The maximum atomic E-state index is 4.04. The van der Waals surface area contributed by atoms with E-state index in [1.165, 1.54) is 19.8 Å². The van der Waals surface area contributed by atoms with E-state index in [4.69, 9.17) is 0 Å². The van der Waals surface area contributed by atoms with Crippen LogP contribution in [-0.4, -0.2) is 14.2 Å². The molecule has 0 unspecified atom stereocenters. The minimum atomic E-state index is 1.32. The van der Waals surface area contributed by atoms with Crippen LogP contribution in [0.3, 0.4) is 0 Å². The minimum Gasteiger partial charge on any atom is -0.240 e. The van der Waals surface area contributed by atoms with Crippen LogP contribution in [0.2, 0.25) is 0 Å². The molecule has 0 saturated carbocycles. The van der Waals surface area contributed by atoms with E-state index in [1.54, 1.807) is 0 Å². The van der Waals surface area contributed by atoms with Crippen molar-refractivity contribution >= 4 is 0 Å². The van der Waals surface area contributed by atoms with Crippen molar-refractivity contribution < 1.29 is 9.78 Å². The molecule has 0 fully saturated rings. The van der Waals surface area contributed by atoms with Gasteiger partial charge in [0.15, 0.2) is 0 Å². The zero-order valence-electron chi connectivity index (χ0n) is 7.20. The number of rotatable bonds is 1. The van der Waals surface area contributed by atoms with Crippen molar-refractivity contribution in [1.82, 2.24) is 0 Å². The van der Waals surface area contributed by atoms with Gasteiger partial charge in [-0.2, -0.15) is 0 Å². The molecule has 0 heterocycles. The first-order valence-corrected chi connectivity index (χ1v) is 3.39. The van der Waals surface area contributed by atoms with Gasteiger partial charge < -0.3 is 0 Å². The quantitative estimate of drug-likeness (QED) is 0.456. The Morgan fingerprint density at radius 3 is 1.55 bits per heavy atom. The van der Waals surface area contributed by atoms with Crippen LogP contribution < -0.4 is 0 Å². The standard InChI is InChI=1S/C7H8.C2H6O2/c1-7-5-3-2-4-6-7;1-3-4-2/h2-6H,1H3;1-2H3. The summed E-state index contributed by atoms with van der Waals surface area (Å²) in [6.07, 6.45) is 0. The van der Waals surface area contributed by atoms with Gasteiger partial charge in [-0.25, -0.2) is 9.78 Å². The average Bonchev–Trinajstić information content (AvgIpc) is 2.07. The predicted octanol–water partition coefficient (Wildman–Crippen LogP) is 2.19. The van der Waals surface area contributed by atoms with Gasteiger partial charge in [-0.15, -0.1) is 0 Å². The predicted molar refractivity (Wildman–Crippen MR) is 45.2 cm³/mol. The van der Waals surface area contributed by atoms with Crippen molar-refractivity contribution in [3.63, 3.8) is 0 Å². The van der Waals surface area contributed by atoms with Gasteiger partial charge >= 0.3 is 0 Å². The van der Waals surface area contributed by atoms with Crippen LogP contribution in [0.15, 0.2) is 30.3 Å². The highest BCUT2D eigenvalue weighted by atomic mass is 17.2. The van der Waals surface area contributed by atoms with Gasteiger partial charge in [-0.3, -0.25) is 0 Å². The summed E-state index contributed by atoms with van der Waals surface area (Å²) in [6, 6.07) is 10.3. The zero-order chi connectivity index (χ0) is 8.53. The van der Waals surface area contributed by atoms with E-state index in [0.29, 0.717) is 0 Å². The van der Waals surface area contributed by atoms with Crippen molar-refractivity contribution in [3.8, 4) is 0 Å². The van der Waals surface area contributed by atoms with Gasteiger partial charge in [0.2, 0.25) is 0 Å². The lowest BCUT2D eigenvalue weighted by Crippen LogP contribution is -1.72. The Balaban J connectivity index is 0.000000218. The molecule has 0 radical (unpaired) electrons.